The van der Waals surface area contributed by atoms with Gasteiger partial charge >= 0.3 is 5.97 Å². The fourth-order valence-corrected chi connectivity index (χ4v) is 4.86. The molecule has 3 N–H and O–H groups in total. The molecule has 1 aliphatic heterocycles. The van der Waals surface area contributed by atoms with Crippen molar-refractivity contribution in [2.75, 3.05) is 20.2 Å². The summed E-state index contributed by atoms with van der Waals surface area (Å²) in [5.74, 6) is -0.113. The van der Waals surface area contributed by atoms with Crippen LogP contribution in [0.5, 0.6) is 0 Å². The maximum Gasteiger partial charge on any atom is 0.306 e. The molecule has 2 atom stereocenters. The average Bonchev–Trinajstić information content (AvgIpc) is 3.61. The molecule has 0 saturated carbocycles. The zero-order valence-electron chi connectivity index (χ0n) is 21.6. The number of amides is 1. The summed E-state index contributed by atoms with van der Waals surface area (Å²) >= 11 is 0. The number of hydrogen-bond acceptors (Lipinski definition) is 6. The minimum Gasteiger partial charge on any atom is -0.469 e. The van der Waals surface area contributed by atoms with Gasteiger partial charge in [-0.1, -0.05) is 62.4 Å². The molecule has 1 amide bonds. The van der Waals surface area contributed by atoms with Gasteiger partial charge in [-0.15, -0.1) is 0 Å². The first-order chi connectivity index (χ1) is 17.8. The van der Waals surface area contributed by atoms with E-state index in [-0.39, 0.29) is 42.6 Å². The van der Waals surface area contributed by atoms with Crippen LogP contribution in [0.25, 0.3) is 22.4 Å². The Morgan fingerprint density at radius 2 is 1.68 bits per heavy atom. The lowest BCUT2D eigenvalue weighted by Gasteiger charge is -2.29. The van der Waals surface area contributed by atoms with E-state index in [4.69, 9.17) is 10.5 Å². The number of ether oxygens (including phenoxy) is 1. The molecule has 4 rings (SSSR count). The first-order valence-electron chi connectivity index (χ1n) is 12.7. The molecule has 1 aromatic heterocycles. The van der Waals surface area contributed by atoms with Crippen molar-refractivity contribution in [2.24, 2.45) is 17.6 Å². The van der Waals surface area contributed by atoms with E-state index >= 15 is 0 Å². The van der Waals surface area contributed by atoms with E-state index in [2.05, 4.69) is 9.97 Å². The molecule has 194 valence electrons. The lowest BCUT2D eigenvalue weighted by molar-refractivity contribution is -0.148. The predicted octanol–water partition coefficient (Wildman–Crippen LogP) is 4.38. The summed E-state index contributed by atoms with van der Waals surface area (Å²) in [6.07, 6.45) is 3.59. The summed E-state index contributed by atoms with van der Waals surface area (Å²) in [7, 11) is 1.35. The first kappa shape index (κ1) is 26.3. The van der Waals surface area contributed by atoms with Gasteiger partial charge in [0.1, 0.15) is 5.82 Å². The standard InChI is InChI=1S/C29H34N4O4/c1-18(2)23(15-27(35)37-3)29(36)33-14-4-5-25(33)28-31-17-24(32-28)21-10-6-19(7-11-21)20-8-12-22(13-9-20)26(34)16-30/h6-13,17-18,23,25H,4-5,14-16,30H2,1-3H3,(H,31,32)/t23-,25-/m0/s1. The van der Waals surface area contributed by atoms with Gasteiger partial charge in [-0.25, -0.2) is 4.98 Å². The van der Waals surface area contributed by atoms with Crippen molar-refractivity contribution >= 4 is 17.7 Å². The van der Waals surface area contributed by atoms with Gasteiger partial charge in [-0.05, 0) is 35.4 Å². The molecule has 1 saturated heterocycles. The Morgan fingerprint density at radius 3 is 2.27 bits per heavy atom. The van der Waals surface area contributed by atoms with Gasteiger partial charge in [-0.2, -0.15) is 0 Å². The second kappa shape index (κ2) is 11.5. The number of benzene rings is 2. The number of nitrogens with zero attached hydrogens (tertiary/aromatic N) is 2. The number of rotatable bonds is 9. The molecular formula is C29H34N4O4. The monoisotopic (exact) mass is 502 g/mol. The van der Waals surface area contributed by atoms with Crippen molar-refractivity contribution in [3.63, 3.8) is 0 Å². The van der Waals surface area contributed by atoms with Crippen LogP contribution in [-0.2, 0) is 14.3 Å². The highest BCUT2D eigenvalue weighted by molar-refractivity contribution is 5.97. The van der Waals surface area contributed by atoms with Crippen LogP contribution in [0.1, 0.15) is 55.3 Å². The van der Waals surface area contributed by atoms with Crippen molar-refractivity contribution in [1.29, 1.82) is 0 Å². The highest BCUT2D eigenvalue weighted by Gasteiger charge is 2.37. The van der Waals surface area contributed by atoms with Gasteiger partial charge in [0.2, 0.25) is 5.91 Å². The minimum absolute atomic E-state index is 0.00120. The Bertz CT molecular complexity index is 1250. The molecule has 3 aromatic rings. The Labute approximate surface area is 217 Å². The number of aromatic nitrogens is 2. The number of imidazole rings is 1. The predicted molar refractivity (Wildman–Crippen MR) is 141 cm³/mol. The number of Topliss-reactive ketones (excluding diaryl/α,β-unsaturated/α-hetero) is 1. The van der Waals surface area contributed by atoms with Crippen LogP contribution in [0.4, 0.5) is 0 Å². The fourth-order valence-electron chi connectivity index (χ4n) is 4.86. The third-order valence-electron chi connectivity index (χ3n) is 7.10. The maximum absolute atomic E-state index is 13.4. The molecule has 8 heteroatoms. The molecule has 0 radical (unpaired) electrons. The van der Waals surface area contributed by atoms with E-state index in [1.807, 2.05) is 55.1 Å². The molecule has 2 aromatic carbocycles. The number of ketones is 1. The van der Waals surface area contributed by atoms with Crippen molar-refractivity contribution < 1.29 is 19.1 Å². The Balaban J connectivity index is 1.49. The zero-order chi connectivity index (χ0) is 26.5. The van der Waals surface area contributed by atoms with Crippen molar-refractivity contribution in [3.8, 4) is 22.4 Å². The van der Waals surface area contributed by atoms with Gasteiger partial charge in [0, 0.05) is 12.1 Å². The van der Waals surface area contributed by atoms with Crippen LogP contribution in [0.3, 0.4) is 0 Å². The van der Waals surface area contributed by atoms with Crippen LogP contribution >= 0.6 is 0 Å². The summed E-state index contributed by atoms with van der Waals surface area (Å²) in [5.41, 5.74) is 9.96. The molecular weight excluding hydrogens is 468 g/mol. The van der Waals surface area contributed by atoms with Crippen LogP contribution in [0.15, 0.2) is 54.7 Å². The summed E-state index contributed by atoms with van der Waals surface area (Å²) in [4.78, 5) is 47.0. The third kappa shape index (κ3) is 5.80. The number of esters is 1. The number of nitrogens with two attached hydrogens (primary N) is 1. The van der Waals surface area contributed by atoms with Crippen molar-refractivity contribution in [1.82, 2.24) is 14.9 Å². The summed E-state index contributed by atoms with van der Waals surface area (Å²) < 4.78 is 4.82. The number of hydrogen-bond donors (Lipinski definition) is 2. The van der Waals surface area contributed by atoms with Crippen LogP contribution in [0.2, 0.25) is 0 Å². The number of carbonyl (C=O) groups is 3. The zero-order valence-corrected chi connectivity index (χ0v) is 21.6. The lowest BCUT2D eigenvalue weighted by Crippen LogP contribution is -2.39. The number of H-pyrrole nitrogens is 1. The Hall–Kier alpha value is -3.78. The van der Waals surface area contributed by atoms with Gasteiger partial charge < -0.3 is 20.4 Å². The van der Waals surface area contributed by atoms with E-state index in [9.17, 15) is 14.4 Å². The van der Waals surface area contributed by atoms with E-state index < -0.39 is 5.92 Å². The number of methoxy groups -OCH3 is 1. The number of nitrogens with one attached hydrogen (secondary N) is 1. The lowest BCUT2D eigenvalue weighted by atomic mass is 9.91. The first-order valence-corrected chi connectivity index (χ1v) is 12.7. The van der Waals surface area contributed by atoms with E-state index in [1.54, 1.807) is 18.3 Å². The highest BCUT2D eigenvalue weighted by atomic mass is 16.5. The fraction of sp³-hybridized carbons (Fsp3) is 0.379. The molecule has 37 heavy (non-hydrogen) atoms. The molecule has 0 unspecified atom stereocenters. The minimum atomic E-state index is -0.419. The Morgan fingerprint density at radius 1 is 1.05 bits per heavy atom. The van der Waals surface area contributed by atoms with Gasteiger partial charge in [0.25, 0.3) is 0 Å². The summed E-state index contributed by atoms with van der Waals surface area (Å²) in [6, 6.07) is 15.4. The molecule has 2 heterocycles. The normalized spacial score (nSPS) is 16.1. The molecule has 0 spiro atoms. The van der Waals surface area contributed by atoms with Gasteiger partial charge in [-0.3, -0.25) is 14.4 Å². The van der Waals surface area contributed by atoms with E-state index in [0.717, 1.165) is 41.1 Å². The van der Waals surface area contributed by atoms with Crippen LogP contribution in [-0.4, -0.2) is 52.7 Å². The molecule has 1 aliphatic rings. The Kier molecular flexibility index (Phi) is 8.18. The van der Waals surface area contributed by atoms with Crippen LogP contribution < -0.4 is 5.73 Å². The van der Waals surface area contributed by atoms with Crippen molar-refractivity contribution in [2.45, 2.75) is 39.2 Å². The average molecular weight is 503 g/mol. The third-order valence-corrected chi connectivity index (χ3v) is 7.10. The molecule has 0 bridgehead atoms. The summed E-state index contributed by atoms with van der Waals surface area (Å²) in [6.45, 7) is 4.56. The number of aromatic amines is 1. The second-order valence-corrected chi connectivity index (χ2v) is 9.78. The van der Waals surface area contributed by atoms with E-state index in [0.29, 0.717) is 12.1 Å². The second-order valence-electron chi connectivity index (χ2n) is 9.78. The topological polar surface area (TPSA) is 118 Å². The van der Waals surface area contributed by atoms with Gasteiger partial charge in [0.15, 0.2) is 5.78 Å². The van der Waals surface area contributed by atoms with Gasteiger partial charge in [0.05, 0.1) is 43.9 Å². The highest BCUT2D eigenvalue weighted by Crippen LogP contribution is 2.34. The molecule has 0 aliphatic carbocycles. The smallest absolute Gasteiger partial charge is 0.306 e. The maximum atomic E-state index is 13.4. The quantitative estimate of drug-likeness (QED) is 0.331. The summed E-state index contributed by atoms with van der Waals surface area (Å²) in [5, 5.41) is 0. The van der Waals surface area contributed by atoms with Crippen LogP contribution in [0, 0.1) is 11.8 Å². The number of carbonyl (C=O) groups excluding carboxylic acids is 3. The SMILES string of the molecule is COC(=O)C[C@H](C(=O)N1CCC[C@H]1c1ncc(-c2ccc(-c3ccc(C(=O)CN)cc3)cc2)[nH]1)C(C)C. The largest absolute Gasteiger partial charge is 0.469 e. The molecule has 8 nitrogen and oxygen atoms in total. The number of likely N-dealkylation sites (tertiary alicyclic amines) is 1. The van der Waals surface area contributed by atoms with E-state index in [1.165, 1.54) is 7.11 Å². The molecule has 1 fully saturated rings. The van der Waals surface area contributed by atoms with Crippen molar-refractivity contribution in [3.05, 3.63) is 66.1 Å².